The van der Waals surface area contributed by atoms with Crippen LogP contribution < -0.4 is 0 Å². The van der Waals surface area contributed by atoms with Crippen LogP contribution in [0.25, 0.3) is 0 Å². The summed E-state index contributed by atoms with van der Waals surface area (Å²) in [6.45, 7) is 0. The van der Waals surface area contributed by atoms with Gasteiger partial charge in [-0.05, 0) is 82.5 Å². The normalized spacial score (nSPS) is 12.8. The molecule has 60 heavy (non-hydrogen) atoms. The lowest BCUT2D eigenvalue weighted by molar-refractivity contribution is 0.307. The van der Waals surface area contributed by atoms with Crippen LogP contribution in [0.5, 0.6) is 0 Å². The predicted molar refractivity (Wildman–Crippen MR) is 169 cm³/mol. The molecule has 0 aromatic carbocycles. The van der Waals surface area contributed by atoms with Crippen molar-refractivity contribution in [3.05, 3.63) is 0 Å². The molecule has 8 aromatic heterocycles. The number of aromatic nitrogens is 16. The second-order valence-corrected chi connectivity index (χ2v) is 10.0. The van der Waals surface area contributed by atoms with Crippen molar-refractivity contribution in [3.8, 4) is 0 Å². The summed E-state index contributed by atoms with van der Waals surface area (Å²) in [5.41, 5.74) is 0. The maximum Gasteiger partial charge on any atom is 0.265 e. The molecule has 0 saturated carbocycles. The van der Waals surface area contributed by atoms with Crippen LogP contribution in [-0.4, -0.2) is 94.3 Å². The maximum absolute atomic E-state index is 5.05. The Morgan fingerprint density at radius 2 is 0.267 bits per heavy atom. The average Bonchev–Trinajstić information content (AvgIpc) is 4.12. The van der Waals surface area contributed by atoms with Gasteiger partial charge in [0, 0.05) is 11.8 Å². The van der Waals surface area contributed by atoms with E-state index < -0.39 is 0 Å². The van der Waals surface area contributed by atoms with Gasteiger partial charge in [0.2, 0.25) is 0 Å². The van der Waals surface area contributed by atoms with Crippen LogP contribution in [0, 0.1) is 0 Å². The van der Waals surface area contributed by atoms with Crippen LogP contribution in [0.2, 0.25) is 0 Å². The lowest BCUT2D eigenvalue weighted by Gasteiger charge is -1.87. The fourth-order valence-corrected chi connectivity index (χ4v) is 3.20. The molecule has 0 atom stereocenters. The Labute approximate surface area is 329 Å². The molecule has 0 amide bonds. The molecule has 2 aliphatic rings. The van der Waals surface area contributed by atoms with E-state index in [0.717, 1.165) is 0 Å². The predicted octanol–water partition coefficient (Wildman–Crippen LogP) is 7.85. The van der Waals surface area contributed by atoms with E-state index in [1.54, 1.807) is 0 Å². The quantitative estimate of drug-likeness (QED) is 0.142. The van der Waals surface area contributed by atoms with Gasteiger partial charge in [-0.3, -0.25) is 0 Å². The molecule has 2 aliphatic heterocycles. The van der Waals surface area contributed by atoms with Gasteiger partial charge in [-0.15, -0.1) is 105 Å². The molecule has 10 heterocycles. The lowest BCUT2D eigenvalue weighted by Crippen LogP contribution is -1.69. The molecular weight excluding hydrogens is 863 g/mol. The first-order chi connectivity index (χ1) is 29.6. The first kappa shape index (κ1) is 37.4. The van der Waals surface area contributed by atoms with E-state index in [2.05, 4.69) is 201 Å². The number of fused-ring (bicyclic) bond motifs is 8. The summed E-state index contributed by atoms with van der Waals surface area (Å²) >= 11 is 10.1. The van der Waals surface area contributed by atoms with Gasteiger partial charge in [0.1, 0.15) is 0 Å². The van der Waals surface area contributed by atoms with E-state index in [-0.39, 0.29) is 93.1 Å². The minimum Gasteiger partial charge on any atom is -0.240 e. The van der Waals surface area contributed by atoms with Crippen molar-refractivity contribution >= 4 is 116 Å². The summed E-state index contributed by atoms with van der Waals surface area (Å²) in [6, 6.07) is 0. The van der Waals surface area contributed by atoms with Crippen molar-refractivity contribution in [2.24, 2.45) is 81.8 Å². The molecule has 40 nitrogen and oxygen atoms in total. The van der Waals surface area contributed by atoms with E-state index in [0.29, 0.717) is 11.8 Å². The van der Waals surface area contributed by atoms with Gasteiger partial charge in [0.25, 0.3) is 93.1 Å². The van der Waals surface area contributed by atoms with Gasteiger partial charge in [-0.1, -0.05) is 0 Å². The minimum absolute atomic E-state index is 0.135. The molecule has 0 fully saturated rings. The summed E-state index contributed by atoms with van der Waals surface area (Å²) < 4.78 is 36.4. The third kappa shape index (κ3) is 8.80. The molecular formula is C18H4Cl2N32O8. The molecule has 8 aromatic rings. The number of halogens is 2. The second-order valence-electron chi connectivity index (χ2n) is 9.27. The number of alkyl halides is 2. The molecule has 0 aliphatic carbocycles. The number of azo groups is 8. The third-order valence-corrected chi connectivity index (χ3v) is 6.20. The lowest BCUT2D eigenvalue weighted by atomic mass is 10.6. The Balaban J connectivity index is 0.000000153. The van der Waals surface area contributed by atoms with Crippen molar-refractivity contribution in [1.29, 1.82) is 0 Å². The Morgan fingerprint density at radius 1 is 0.183 bits per heavy atom. The Morgan fingerprint density at radius 3 is 0.333 bits per heavy atom. The minimum atomic E-state index is -0.135. The summed E-state index contributed by atoms with van der Waals surface area (Å²) in [5, 5.41) is 116. The molecule has 0 bridgehead atoms. The van der Waals surface area contributed by atoms with E-state index in [4.69, 9.17) is 23.2 Å². The zero-order valence-corrected chi connectivity index (χ0v) is 29.3. The van der Waals surface area contributed by atoms with Crippen LogP contribution in [0.4, 0.5) is 93.1 Å². The summed E-state index contributed by atoms with van der Waals surface area (Å²) in [6.07, 6.45) is 0. The largest absolute Gasteiger partial charge is 0.265 e. The Bertz CT molecular complexity index is 2170. The molecule has 0 unspecified atom stereocenters. The standard InChI is InChI=1S/2C8N16O4.C2H4Cl2/c2*9-1-2(18-25-17-1)10-12-5-6(22-27-21-5)14-16-8-7(23-28-24-8)15-13-4-3(11-9)19-26-20-4;3-1-2-4/h;;1-2H2. The molecule has 0 N–H and O–H groups in total. The van der Waals surface area contributed by atoms with Crippen LogP contribution in [0.1, 0.15) is 0 Å². The van der Waals surface area contributed by atoms with Crippen molar-refractivity contribution in [2.75, 3.05) is 11.8 Å². The topological polar surface area (TPSA) is 509 Å². The van der Waals surface area contributed by atoms with E-state index in [9.17, 15) is 0 Å². The first-order valence-electron chi connectivity index (χ1n) is 14.7. The zero-order chi connectivity index (χ0) is 40.9. The summed E-state index contributed by atoms with van der Waals surface area (Å²) in [5.74, 6) is -1.04. The summed E-state index contributed by atoms with van der Waals surface area (Å²) in [7, 11) is 0. The van der Waals surface area contributed by atoms with Gasteiger partial charge in [0.05, 0.1) is 0 Å². The van der Waals surface area contributed by atoms with Crippen LogP contribution in [0.3, 0.4) is 0 Å². The first-order valence-corrected chi connectivity index (χ1v) is 15.8. The van der Waals surface area contributed by atoms with Gasteiger partial charge in [-0.2, -0.15) is 0 Å². The molecule has 42 heteroatoms. The highest BCUT2D eigenvalue weighted by Crippen LogP contribution is 2.36. The van der Waals surface area contributed by atoms with Crippen LogP contribution >= 0.6 is 23.2 Å². The van der Waals surface area contributed by atoms with Gasteiger partial charge in [-0.25, -0.2) is 37.0 Å². The van der Waals surface area contributed by atoms with Crippen LogP contribution in [-0.2, 0) is 0 Å². The molecule has 0 saturated heterocycles. The zero-order valence-electron chi connectivity index (χ0n) is 27.7. The van der Waals surface area contributed by atoms with Crippen molar-refractivity contribution in [2.45, 2.75) is 0 Å². The second kappa shape index (κ2) is 18.0. The van der Waals surface area contributed by atoms with Gasteiger partial charge >= 0.3 is 0 Å². The monoisotopic (exact) mass is 866 g/mol. The third-order valence-electron chi connectivity index (χ3n) is 5.62. The number of nitrogens with zero attached hydrogens (tertiary/aromatic N) is 32. The summed E-state index contributed by atoms with van der Waals surface area (Å²) in [4.78, 5) is 0. The fourth-order valence-electron chi connectivity index (χ4n) is 3.20. The molecule has 298 valence electrons. The molecule has 10 rings (SSSR count). The highest BCUT2D eigenvalue weighted by molar-refractivity contribution is 6.25. The fraction of sp³-hybridized carbons (Fsp3) is 0.111. The van der Waals surface area contributed by atoms with E-state index >= 15 is 0 Å². The van der Waals surface area contributed by atoms with Gasteiger partial charge < -0.3 is 0 Å². The van der Waals surface area contributed by atoms with Crippen molar-refractivity contribution in [1.82, 2.24) is 82.5 Å². The maximum atomic E-state index is 5.05. The molecule has 0 radical (unpaired) electrons. The highest BCUT2D eigenvalue weighted by atomic mass is 35.5. The average molecular weight is 867 g/mol. The number of hydrogen-bond acceptors (Lipinski definition) is 40. The van der Waals surface area contributed by atoms with Crippen molar-refractivity contribution < 1.29 is 37.0 Å². The highest BCUT2D eigenvalue weighted by Gasteiger charge is 2.19. The molecule has 0 spiro atoms. The number of rotatable bonds is 1. The van der Waals surface area contributed by atoms with Crippen molar-refractivity contribution in [3.63, 3.8) is 0 Å². The van der Waals surface area contributed by atoms with Crippen LogP contribution in [0.15, 0.2) is 119 Å². The van der Waals surface area contributed by atoms with E-state index in [1.165, 1.54) is 0 Å². The SMILES string of the molecule is ClCCCl.N1=Nc2nonc2N=Nc2nonc2N=Nc2nonc2N=Nc2nonc21.N1=Nc2nonc2N=Nc2nonc2N=Nc2nonc2N=Nc2nonc21. The smallest absolute Gasteiger partial charge is 0.240 e. The Hall–Kier alpha value is -9.50. The van der Waals surface area contributed by atoms with Gasteiger partial charge in [0.15, 0.2) is 0 Å². The Kier molecular flexibility index (Phi) is 11.2. The van der Waals surface area contributed by atoms with E-state index in [1.807, 2.05) is 0 Å². The number of hydrogen-bond donors (Lipinski definition) is 0.